The molecule has 1 aromatic rings. The number of carbonyl (C=O) groups is 1. The minimum atomic E-state index is -0.105. The van der Waals surface area contributed by atoms with E-state index >= 15 is 0 Å². The standard InChI is InChI=1S/C14H19NO2/c1-4-8-12(5-2)17-14-10-7-6-9-13(14)15-11(3)16/h5-7,9-10,12H,2,4,8H2,1,3H3,(H,15,16). The Morgan fingerprint density at radius 1 is 1.53 bits per heavy atom. The Balaban J connectivity index is 2.81. The topological polar surface area (TPSA) is 38.3 Å². The molecule has 0 aliphatic heterocycles. The van der Waals surface area contributed by atoms with Gasteiger partial charge in [-0.05, 0) is 18.6 Å². The summed E-state index contributed by atoms with van der Waals surface area (Å²) in [5.41, 5.74) is 0.697. The number of rotatable bonds is 6. The van der Waals surface area contributed by atoms with Gasteiger partial charge >= 0.3 is 0 Å². The molecule has 92 valence electrons. The fourth-order valence-corrected chi connectivity index (χ4v) is 1.53. The molecular formula is C14H19NO2. The predicted octanol–water partition coefficient (Wildman–Crippen LogP) is 3.38. The molecule has 0 saturated carbocycles. The van der Waals surface area contributed by atoms with Gasteiger partial charge in [-0.1, -0.05) is 38.1 Å². The first-order valence-electron chi connectivity index (χ1n) is 5.83. The van der Waals surface area contributed by atoms with Gasteiger partial charge in [0.05, 0.1) is 5.69 Å². The van der Waals surface area contributed by atoms with Crippen LogP contribution in [0.25, 0.3) is 0 Å². The van der Waals surface area contributed by atoms with Gasteiger partial charge in [0.15, 0.2) is 0 Å². The predicted molar refractivity (Wildman–Crippen MR) is 70.3 cm³/mol. The molecule has 0 saturated heterocycles. The molecule has 0 aromatic heterocycles. The lowest BCUT2D eigenvalue weighted by molar-refractivity contribution is -0.114. The summed E-state index contributed by atoms with van der Waals surface area (Å²) >= 11 is 0. The minimum absolute atomic E-state index is 0.0186. The van der Waals surface area contributed by atoms with E-state index in [4.69, 9.17) is 4.74 Å². The van der Waals surface area contributed by atoms with Crippen LogP contribution in [0.1, 0.15) is 26.7 Å². The maximum absolute atomic E-state index is 11.1. The van der Waals surface area contributed by atoms with Crippen LogP contribution in [0.15, 0.2) is 36.9 Å². The summed E-state index contributed by atoms with van der Waals surface area (Å²) in [6.45, 7) is 7.33. The van der Waals surface area contributed by atoms with E-state index in [-0.39, 0.29) is 12.0 Å². The smallest absolute Gasteiger partial charge is 0.221 e. The molecule has 0 heterocycles. The molecule has 1 atom stereocenters. The van der Waals surface area contributed by atoms with Crippen molar-refractivity contribution >= 4 is 11.6 Å². The van der Waals surface area contributed by atoms with Crippen LogP contribution in [0.4, 0.5) is 5.69 Å². The van der Waals surface area contributed by atoms with Crippen LogP contribution >= 0.6 is 0 Å². The van der Waals surface area contributed by atoms with Crippen molar-refractivity contribution in [3.05, 3.63) is 36.9 Å². The highest BCUT2D eigenvalue weighted by atomic mass is 16.5. The van der Waals surface area contributed by atoms with Gasteiger partial charge in [-0.25, -0.2) is 0 Å². The van der Waals surface area contributed by atoms with Gasteiger partial charge in [0.2, 0.25) is 5.91 Å². The van der Waals surface area contributed by atoms with Gasteiger partial charge < -0.3 is 10.1 Å². The minimum Gasteiger partial charge on any atom is -0.484 e. The molecule has 0 fully saturated rings. The van der Waals surface area contributed by atoms with Crippen LogP contribution in [-0.4, -0.2) is 12.0 Å². The fraction of sp³-hybridized carbons (Fsp3) is 0.357. The Kier molecular flexibility index (Phi) is 5.27. The first kappa shape index (κ1) is 13.3. The summed E-state index contributed by atoms with van der Waals surface area (Å²) in [6.07, 6.45) is 3.71. The van der Waals surface area contributed by atoms with Crippen molar-refractivity contribution in [1.29, 1.82) is 0 Å². The molecule has 1 amide bonds. The number of hydrogen-bond donors (Lipinski definition) is 1. The van der Waals surface area contributed by atoms with Crippen molar-refractivity contribution in [3.8, 4) is 5.75 Å². The van der Waals surface area contributed by atoms with E-state index in [9.17, 15) is 4.79 Å². The monoisotopic (exact) mass is 233 g/mol. The van der Waals surface area contributed by atoms with Crippen LogP contribution in [0.3, 0.4) is 0 Å². The molecule has 1 aromatic carbocycles. The number of carbonyl (C=O) groups excluding carboxylic acids is 1. The summed E-state index contributed by atoms with van der Waals surface area (Å²) in [7, 11) is 0. The number of benzene rings is 1. The van der Waals surface area contributed by atoms with Crippen molar-refractivity contribution in [2.45, 2.75) is 32.8 Å². The Bertz CT molecular complexity index is 388. The first-order valence-corrected chi connectivity index (χ1v) is 5.83. The number of hydrogen-bond acceptors (Lipinski definition) is 2. The van der Waals surface area contributed by atoms with Gasteiger partial charge in [-0.15, -0.1) is 0 Å². The highest BCUT2D eigenvalue weighted by Crippen LogP contribution is 2.25. The second-order valence-electron chi connectivity index (χ2n) is 3.86. The molecule has 1 unspecified atom stereocenters. The third-order valence-corrected chi connectivity index (χ3v) is 2.31. The van der Waals surface area contributed by atoms with Crippen molar-refractivity contribution < 1.29 is 9.53 Å². The molecule has 0 spiro atoms. The van der Waals surface area contributed by atoms with Crippen LogP contribution < -0.4 is 10.1 Å². The largest absolute Gasteiger partial charge is 0.484 e. The SMILES string of the molecule is C=CC(CCC)Oc1ccccc1NC(C)=O. The summed E-state index contributed by atoms with van der Waals surface area (Å²) in [4.78, 5) is 11.1. The third-order valence-electron chi connectivity index (χ3n) is 2.31. The molecule has 1 rings (SSSR count). The van der Waals surface area contributed by atoms with Gasteiger partial charge in [-0.2, -0.15) is 0 Å². The summed E-state index contributed by atoms with van der Waals surface area (Å²) in [5.74, 6) is 0.577. The zero-order valence-electron chi connectivity index (χ0n) is 10.4. The molecule has 0 aliphatic rings. The maximum atomic E-state index is 11.1. The van der Waals surface area contributed by atoms with Crippen molar-refractivity contribution in [2.24, 2.45) is 0 Å². The number of para-hydroxylation sites is 2. The lowest BCUT2D eigenvalue weighted by atomic mass is 10.2. The molecule has 0 bridgehead atoms. The van der Waals surface area contributed by atoms with Crippen LogP contribution in [0, 0.1) is 0 Å². The van der Waals surface area contributed by atoms with E-state index < -0.39 is 0 Å². The number of ether oxygens (including phenoxy) is 1. The maximum Gasteiger partial charge on any atom is 0.221 e. The number of amides is 1. The van der Waals surface area contributed by atoms with Crippen LogP contribution in [0.5, 0.6) is 5.75 Å². The van der Waals surface area contributed by atoms with Crippen LogP contribution in [-0.2, 0) is 4.79 Å². The van der Waals surface area contributed by atoms with Gasteiger partial charge in [0.25, 0.3) is 0 Å². The number of anilines is 1. The van der Waals surface area contributed by atoms with Gasteiger partial charge in [0, 0.05) is 6.92 Å². The van der Waals surface area contributed by atoms with E-state index in [1.165, 1.54) is 6.92 Å². The van der Waals surface area contributed by atoms with E-state index in [2.05, 4.69) is 18.8 Å². The van der Waals surface area contributed by atoms with Crippen LogP contribution in [0.2, 0.25) is 0 Å². The van der Waals surface area contributed by atoms with Gasteiger partial charge in [0.1, 0.15) is 11.9 Å². The summed E-state index contributed by atoms with van der Waals surface area (Å²) in [6, 6.07) is 7.41. The molecule has 0 radical (unpaired) electrons. The highest BCUT2D eigenvalue weighted by Gasteiger charge is 2.09. The molecule has 0 aliphatic carbocycles. The third kappa shape index (κ3) is 4.31. The average Bonchev–Trinajstić information content (AvgIpc) is 2.30. The molecule has 1 N–H and O–H groups in total. The molecular weight excluding hydrogens is 214 g/mol. The second-order valence-corrected chi connectivity index (χ2v) is 3.86. The lowest BCUT2D eigenvalue weighted by Gasteiger charge is -2.17. The molecule has 3 nitrogen and oxygen atoms in total. The van der Waals surface area contributed by atoms with Crippen molar-refractivity contribution in [2.75, 3.05) is 5.32 Å². The summed E-state index contributed by atoms with van der Waals surface area (Å²) < 4.78 is 5.80. The fourth-order valence-electron chi connectivity index (χ4n) is 1.53. The van der Waals surface area contributed by atoms with E-state index in [0.29, 0.717) is 11.4 Å². The normalized spacial score (nSPS) is 11.6. The Hall–Kier alpha value is -1.77. The average molecular weight is 233 g/mol. The first-order chi connectivity index (χ1) is 8.17. The van der Waals surface area contributed by atoms with Gasteiger partial charge in [-0.3, -0.25) is 4.79 Å². The number of nitrogens with one attached hydrogen (secondary N) is 1. The van der Waals surface area contributed by atoms with E-state index in [1.54, 1.807) is 6.08 Å². The van der Waals surface area contributed by atoms with E-state index in [0.717, 1.165) is 12.8 Å². The summed E-state index contributed by atoms with van der Waals surface area (Å²) in [5, 5.41) is 2.75. The second kappa shape index (κ2) is 6.74. The Morgan fingerprint density at radius 2 is 2.24 bits per heavy atom. The zero-order valence-corrected chi connectivity index (χ0v) is 10.4. The molecule has 17 heavy (non-hydrogen) atoms. The van der Waals surface area contributed by atoms with Crippen molar-refractivity contribution in [3.63, 3.8) is 0 Å². The van der Waals surface area contributed by atoms with Crippen molar-refractivity contribution in [1.82, 2.24) is 0 Å². The highest BCUT2D eigenvalue weighted by molar-refractivity contribution is 5.90. The quantitative estimate of drug-likeness (QED) is 0.765. The zero-order chi connectivity index (χ0) is 12.7. The van der Waals surface area contributed by atoms with E-state index in [1.807, 2.05) is 24.3 Å². The Morgan fingerprint density at radius 3 is 2.82 bits per heavy atom. The molecule has 3 heteroatoms. The Labute approximate surface area is 102 Å². The lowest BCUT2D eigenvalue weighted by Crippen LogP contribution is -2.15.